The Balaban J connectivity index is 1.60. The highest BCUT2D eigenvalue weighted by Gasteiger charge is 2.11. The number of benzene rings is 2. The van der Waals surface area contributed by atoms with Crippen LogP contribution in [-0.4, -0.2) is 19.5 Å². The molecule has 0 radical (unpaired) electrons. The molecule has 0 aliphatic heterocycles. The van der Waals surface area contributed by atoms with Crippen molar-refractivity contribution in [1.82, 2.24) is 19.5 Å². The Bertz CT molecular complexity index is 1000. The minimum Gasteiger partial charge on any atom is -0.356 e. The van der Waals surface area contributed by atoms with Crippen molar-refractivity contribution in [3.8, 4) is 17.0 Å². The Kier molecular flexibility index (Phi) is 3.55. The van der Waals surface area contributed by atoms with Gasteiger partial charge in [-0.25, -0.2) is 14.0 Å². The van der Waals surface area contributed by atoms with Crippen molar-refractivity contribution in [2.75, 3.05) is 0 Å². The molecule has 6 heteroatoms. The van der Waals surface area contributed by atoms with Gasteiger partial charge in [-0.05, 0) is 12.1 Å². The van der Waals surface area contributed by atoms with Gasteiger partial charge < -0.3 is 4.52 Å². The summed E-state index contributed by atoms with van der Waals surface area (Å²) in [4.78, 5) is 12.5. The Morgan fingerprint density at radius 1 is 0.958 bits per heavy atom. The van der Waals surface area contributed by atoms with E-state index in [1.54, 1.807) is 0 Å². The SMILES string of the molecule is O=c1n(-c2ccccc2)cnn1Cc1cc(-c2ccccc2)on1. The Hall–Kier alpha value is -3.41. The maximum Gasteiger partial charge on any atom is 0.350 e. The summed E-state index contributed by atoms with van der Waals surface area (Å²) in [5, 5.41) is 8.18. The minimum atomic E-state index is -0.217. The van der Waals surface area contributed by atoms with Crippen molar-refractivity contribution in [2.24, 2.45) is 0 Å². The second-order valence-electron chi connectivity index (χ2n) is 5.33. The molecule has 0 saturated carbocycles. The number of para-hydroxylation sites is 1. The van der Waals surface area contributed by atoms with Gasteiger partial charge in [0.1, 0.15) is 12.0 Å². The molecule has 6 nitrogen and oxygen atoms in total. The van der Waals surface area contributed by atoms with Crippen molar-refractivity contribution in [1.29, 1.82) is 0 Å². The predicted octanol–water partition coefficient (Wildman–Crippen LogP) is 2.74. The summed E-state index contributed by atoms with van der Waals surface area (Å²) >= 11 is 0. The van der Waals surface area contributed by atoms with Gasteiger partial charge >= 0.3 is 5.69 Å². The van der Waals surface area contributed by atoms with E-state index in [0.29, 0.717) is 11.5 Å². The zero-order valence-electron chi connectivity index (χ0n) is 12.7. The molecule has 0 N–H and O–H groups in total. The first-order chi connectivity index (χ1) is 11.8. The third-order valence-corrected chi connectivity index (χ3v) is 3.70. The van der Waals surface area contributed by atoms with E-state index in [2.05, 4.69) is 10.3 Å². The predicted molar refractivity (Wildman–Crippen MR) is 88.9 cm³/mol. The lowest BCUT2D eigenvalue weighted by Crippen LogP contribution is -2.24. The largest absolute Gasteiger partial charge is 0.356 e. The Morgan fingerprint density at radius 3 is 2.42 bits per heavy atom. The molecule has 0 aliphatic carbocycles. The van der Waals surface area contributed by atoms with E-state index in [9.17, 15) is 4.79 Å². The van der Waals surface area contributed by atoms with Gasteiger partial charge in [0.2, 0.25) is 0 Å². The molecule has 2 aromatic heterocycles. The lowest BCUT2D eigenvalue weighted by Gasteiger charge is -1.98. The van der Waals surface area contributed by atoms with Crippen molar-refractivity contribution < 1.29 is 4.52 Å². The maximum atomic E-state index is 12.5. The van der Waals surface area contributed by atoms with E-state index in [-0.39, 0.29) is 12.2 Å². The summed E-state index contributed by atoms with van der Waals surface area (Å²) in [6.45, 7) is 0.259. The van der Waals surface area contributed by atoms with Gasteiger partial charge in [-0.1, -0.05) is 53.7 Å². The first-order valence-corrected chi connectivity index (χ1v) is 7.52. The summed E-state index contributed by atoms with van der Waals surface area (Å²) < 4.78 is 8.21. The first kappa shape index (κ1) is 14.2. The van der Waals surface area contributed by atoms with E-state index in [4.69, 9.17) is 4.52 Å². The van der Waals surface area contributed by atoms with Gasteiger partial charge in [-0.15, -0.1) is 0 Å². The molecule has 2 heterocycles. The molecule has 0 atom stereocenters. The Morgan fingerprint density at radius 2 is 1.67 bits per heavy atom. The molecular formula is C18H14N4O2. The van der Waals surface area contributed by atoms with E-state index >= 15 is 0 Å². The molecule has 2 aromatic carbocycles. The van der Waals surface area contributed by atoms with Crippen LogP contribution in [0.25, 0.3) is 17.0 Å². The van der Waals surface area contributed by atoms with Crippen molar-refractivity contribution in [2.45, 2.75) is 6.54 Å². The highest BCUT2D eigenvalue weighted by Crippen LogP contribution is 2.19. The van der Waals surface area contributed by atoms with Crippen molar-refractivity contribution >= 4 is 0 Å². The average Bonchev–Trinajstić information content (AvgIpc) is 3.25. The highest BCUT2D eigenvalue weighted by atomic mass is 16.5. The van der Waals surface area contributed by atoms with Crippen LogP contribution < -0.4 is 5.69 Å². The minimum absolute atomic E-state index is 0.217. The van der Waals surface area contributed by atoms with Crippen molar-refractivity contribution in [3.63, 3.8) is 0 Å². The molecular weight excluding hydrogens is 304 g/mol. The van der Waals surface area contributed by atoms with Crippen LogP contribution in [0.1, 0.15) is 5.69 Å². The van der Waals surface area contributed by atoms with Gasteiger partial charge in [0.15, 0.2) is 5.76 Å². The number of hydrogen-bond donors (Lipinski definition) is 0. The van der Waals surface area contributed by atoms with Crippen molar-refractivity contribution in [3.05, 3.63) is 89.2 Å². The zero-order valence-corrected chi connectivity index (χ0v) is 12.7. The molecule has 0 amide bonds. The zero-order chi connectivity index (χ0) is 16.4. The molecule has 4 rings (SSSR count). The third-order valence-electron chi connectivity index (χ3n) is 3.70. The topological polar surface area (TPSA) is 65.8 Å². The van der Waals surface area contributed by atoms with E-state index in [1.807, 2.05) is 66.7 Å². The average molecular weight is 318 g/mol. The van der Waals surface area contributed by atoms with Gasteiger partial charge in [0, 0.05) is 11.6 Å². The fourth-order valence-corrected chi connectivity index (χ4v) is 2.49. The summed E-state index contributed by atoms with van der Waals surface area (Å²) in [7, 11) is 0. The van der Waals surface area contributed by atoms with E-state index < -0.39 is 0 Å². The molecule has 4 aromatic rings. The van der Waals surface area contributed by atoms with E-state index in [0.717, 1.165) is 11.3 Å². The molecule has 118 valence electrons. The Labute approximate surface area is 137 Å². The molecule has 24 heavy (non-hydrogen) atoms. The first-order valence-electron chi connectivity index (χ1n) is 7.52. The standard InChI is InChI=1S/C18H14N4O2/c23-18-21(16-9-5-2-6-10-16)13-19-22(18)12-15-11-17(24-20-15)14-7-3-1-4-8-14/h1-11,13H,12H2. The van der Waals surface area contributed by atoms with Gasteiger partial charge in [-0.3, -0.25) is 0 Å². The normalized spacial score (nSPS) is 10.8. The second-order valence-corrected chi connectivity index (χ2v) is 5.33. The fraction of sp³-hybridized carbons (Fsp3) is 0.0556. The van der Waals surface area contributed by atoms with E-state index in [1.165, 1.54) is 15.6 Å². The van der Waals surface area contributed by atoms with Crippen LogP contribution >= 0.6 is 0 Å². The van der Waals surface area contributed by atoms with Crippen LogP contribution in [-0.2, 0) is 6.54 Å². The van der Waals surface area contributed by atoms with Crippen LogP contribution in [0.2, 0.25) is 0 Å². The van der Waals surface area contributed by atoms with Gasteiger partial charge in [0.05, 0.1) is 12.2 Å². The van der Waals surface area contributed by atoms with Crippen LogP contribution in [0.4, 0.5) is 0 Å². The molecule has 0 bridgehead atoms. The van der Waals surface area contributed by atoms with Gasteiger partial charge in [0.25, 0.3) is 0 Å². The van der Waals surface area contributed by atoms with Crippen LogP contribution in [0.5, 0.6) is 0 Å². The number of aromatic nitrogens is 4. The second kappa shape index (κ2) is 6.00. The smallest absolute Gasteiger partial charge is 0.350 e. The number of rotatable bonds is 4. The lowest BCUT2D eigenvalue weighted by molar-refractivity contribution is 0.418. The molecule has 0 aliphatic rings. The monoisotopic (exact) mass is 318 g/mol. The summed E-state index contributed by atoms with van der Waals surface area (Å²) in [5.41, 5.74) is 2.15. The molecule has 0 unspecified atom stereocenters. The van der Waals surface area contributed by atoms with Crippen LogP contribution in [0.15, 0.2) is 82.4 Å². The number of nitrogens with zero attached hydrogens (tertiary/aromatic N) is 4. The quantitative estimate of drug-likeness (QED) is 0.580. The highest BCUT2D eigenvalue weighted by molar-refractivity contribution is 5.56. The molecule has 0 spiro atoms. The van der Waals surface area contributed by atoms with Gasteiger partial charge in [-0.2, -0.15) is 5.10 Å². The summed E-state index contributed by atoms with van der Waals surface area (Å²) in [6, 6.07) is 20.9. The van der Waals surface area contributed by atoms with Crippen LogP contribution in [0.3, 0.4) is 0 Å². The fourth-order valence-electron chi connectivity index (χ4n) is 2.49. The molecule has 0 saturated heterocycles. The lowest BCUT2D eigenvalue weighted by atomic mass is 10.2. The third kappa shape index (κ3) is 2.65. The molecule has 0 fully saturated rings. The maximum absolute atomic E-state index is 12.5. The number of hydrogen-bond acceptors (Lipinski definition) is 4. The summed E-state index contributed by atoms with van der Waals surface area (Å²) in [6.07, 6.45) is 1.51. The van der Waals surface area contributed by atoms with Crippen LogP contribution in [0, 0.1) is 0 Å². The summed E-state index contributed by atoms with van der Waals surface area (Å²) in [5.74, 6) is 0.668.